The van der Waals surface area contributed by atoms with E-state index in [9.17, 15) is 13.2 Å². The fourth-order valence-corrected chi connectivity index (χ4v) is 3.43. The molecular formula is C10H10ClN3O3S2. The Hall–Kier alpha value is -1.38. The molecule has 0 aromatic carbocycles. The van der Waals surface area contributed by atoms with Gasteiger partial charge in [0.1, 0.15) is 9.90 Å². The Labute approximate surface area is 118 Å². The maximum absolute atomic E-state index is 11.7. The lowest BCUT2D eigenvalue weighted by Crippen LogP contribution is -2.22. The molecule has 0 aliphatic carbocycles. The molecule has 0 aliphatic heterocycles. The number of nitrogens with one attached hydrogen (secondary N) is 1. The molecule has 0 spiro atoms. The largest absolute Gasteiger partial charge is 0.346 e. The SMILES string of the molecule is Cn1cnc(C(=O)NCc2ccc(S(=O)(=O)Cl)s2)c1. The molecule has 0 bridgehead atoms. The highest BCUT2D eigenvalue weighted by Crippen LogP contribution is 2.24. The van der Waals surface area contributed by atoms with Crippen molar-refractivity contribution in [3.63, 3.8) is 0 Å². The Morgan fingerprint density at radius 3 is 2.79 bits per heavy atom. The van der Waals surface area contributed by atoms with Gasteiger partial charge in [0, 0.05) is 28.8 Å². The van der Waals surface area contributed by atoms with Gasteiger partial charge in [0.05, 0.1) is 12.9 Å². The normalized spacial score (nSPS) is 11.5. The second-order valence-electron chi connectivity index (χ2n) is 3.77. The molecule has 6 nitrogen and oxygen atoms in total. The molecule has 19 heavy (non-hydrogen) atoms. The van der Waals surface area contributed by atoms with Crippen molar-refractivity contribution >= 4 is 37.0 Å². The van der Waals surface area contributed by atoms with Crippen molar-refractivity contribution in [2.24, 2.45) is 7.05 Å². The number of imidazole rings is 1. The van der Waals surface area contributed by atoms with Gasteiger partial charge in [-0.05, 0) is 12.1 Å². The number of rotatable bonds is 4. The number of aromatic nitrogens is 2. The first-order chi connectivity index (χ1) is 8.86. The molecule has 1 amide bonds. The zero-order valence-corrected chi connectivity index (χ0v) is 12.2. The summed E-state index contributed by atoms with van der Waals surface area (Å²) in [6.45, 7) is 0.229. The van der Waals surface area contributed by atoms with Crippen LogP contribution in [0.4, 0.5) is 0 Å². The number of carbonyl (C=O) groups is 1. The van der Waals surface area contributed by atoms with Crippen molar-refractivity contribution in [3.8, 4) is 0 Å². The molecule has 0 saturated heterocycles. The van der Waals surface area contributed by atoms with E-state index < -0.39 is 9.05 Å². The number of hydrogen-bond donors (Lipinski definition) is 1. The number of thiophene rings is 1. The molecule has 102 valence electrons. The number of aryl methyl sites for hydroxylation is 1. The summed E-state index contributed by atoms with van der Waals surface area (Å²) in [5.41, 5.74) is 0.309. The smallest absolute Gasteiger partial charge is 0.271 e. The second kappa shape index (κ2) is 5.32. The van der Waals surface area contributed by atoms with Crippen LogP contribution >= 0.6 is 22.0 Å². The first-order valence-corrected chi connectivity index (χ1v) is 8.28. The molecule has 0 fully saturated rings. The molecule has 0 aliphatic rings. The van der Waals surface area contributed by atoms with Crippen LogP contribution in [0.1, 0.15) is 15.4 Å². The van der Waals surface area contributed by atoms with Crippen LogP contribution in [-0.4, -0.2) is 23.9 Å². The molecule has 2 heterocycles. The third kappa shape index (κ3) is 3.55. The number of amides is 1. The average molecular weight is 320 g/mol. The summed E-state index contributed by atoms with van der Waals surface area (Å²) in [5.74, 6) is -0.315. The minimum atomic E-state index is -3.71. The molecule has 0 saturated carbocycles. The van der Waals surface area contributed by atoms with Crippen LogP contribution in [0.15, 0.2) is 28.9 Å². The van der Waals surface area contributed by atoms with E-state index in [-0.39, 0.29) is 16.7 Å². The van der Waals surface area contributed by atoms with Crippen molar-refractivity contribution < 1.29 is 13.2 Å². The highest BCUT2D eigenvalue weighted by atomic mass is 35.7. The highest BCUT2D eigenvalue weighted by Gasteiger charge is 2.14. The Kier molecular flexibility index (Phi) is 3.93. The molecular weight excluding hydrogens is 310 g/mol. The zero-order valence-electron chi connectivity index (χ0n) is 9.83. The fraction of sp³-hybridized carbons (Fsp3) is 0.200. The third-order valence-corrected chi connectivity index (χ3v) is 5.42. The number of nitrogens with zero attached hydrogens (tertiary/aromatic N) is 2. The number of halogens is 1. The molecule has 0 atom stereocenters. The quantitative estimate of drug-likeness (QED) is 0.862. The van der Waals surface area contributed by atoms with Gasteiger partial charge < -0.3 is 9.88 Å². The first-order valence-electron chi connectivity index (χ1n) is 5.16. The summed E-state index contributed by atoms with van der Waals surface area (Å²) in [4.78, 5) is 16.3. The molecule has 2 rings (SSSR count). The summed E-state index contributed by atoms with van der Waals surface area (Å²) in [5, 5.41) is 2.65. The molecule has 2 aromatic rings. The van der Waals surface area contributed by atoms with Crippen LogP contribution in [0.5, 0.6) is 0 Å². The van der Waals surface area contributed by atoms with E-state index in [1.807, 2.05) is 0 Å². The summed E-state index contributed by atoms with van der Waals surface area (Å²) in [7, 11) is 3.27. The molecule has 0 radical (unpaired) electrons. The van der Waals surface area contributed by atoms with E-state index in [1.165, 1.54) is 12.4 Å². The lowest BCUT2D eigenvalue weighted by molar-refractivity contribution is 0.0946. The summed E-state index contributed by atoms with van der Waals surface area (Å²) >= 11 is 1.02. The molecule has 2 aromatic heterocycles. The van der Waals surface area contributed by atoms with Gasteiger partial charge in [-0.2, -0.15) is 0 Å². The van der Waals surface area contributed by atoms with Crippen molar-refractivity contribution in [1.29, 1.82) is 0 Å². The Morgan fingerprint density at radius 1 is 1.53 bits per heavy atom. The summed E-state index contributed by atoms with van der Waals surface area (Å²) < 4.78 is 23.9. The van der Waals surface area contributed by atoms with Gasteiger partial charge in [0.15, 0.2) is 0 Å². The van der Waals surface area contributed by atoms with Crippen LogP contribution in [-0.2, 0) is 22.6 Å². The van der Waals surface area contributed by atoms with Crippen molar-refractivity contribution in [3.05, 3.63) is 35.2 Å². The van der Waals surface area contributed by atoms with Crippen molar-refractivity contribution in [2.45, 2.75) is 10.8 Å². The number of hydrogen-bond acceptors (Lipinski definition) is 5. The minimum absolute atomic E-state index is 0.0660. The van der Waals surface area contributed by atoms with Gasteiger partial charge in [0.2, 0.25) is 0 Å². The van der Waals surface area contributed by atoms with Gasteiger partial charge in [-0.3, -0.25) is 4.79 Å². The van der Waals surface area contributed by atoms with Crippen molar-refractivity contribution in [2.75, 3.05) is 0 Å². The Morgan fingerprint density at radius 2 is 2.26 bits per heavy atom. The van der Waals surface area contributed by atoms with E-state index in [1.54, 1.807) is 23.9 Å². The van der Waals surface area contributed by atoms with Gasteiger partial charge in [-0.1, -0.05) is 0 Å². The zero-order chi connectivity index (χ0) is 14.0. The van der Waals surface area contributed by atoms with E-state index in [0.717, 1.165) is 11.3 Å². The highest BCUT2D eigenvalue weighted by molar-refractivity contribution is 8.15. The lowest BCUT2D eigenvalue weighted by atomic mass is 10.4. The van der Waals surface area contributed by atoms with Gasteiger partial charge in [-0.25, -0.2) is 13.4 Å². The summed E-state index contributed by atoms with van der Waals surface area (Å²) in [6.07, 6.45) is 3.12. The topological polar surface area (TPSA) is 81.1 Å². The van der Waals surface area contributed by atoms with Gasteiger partial charge in [0.25, 0.3) is 15.0 Å². The van der Waals surface area contributed by atoms with Crippen LogP contribution in [0, 0.1) is 0 Å². The maximum Gasteiger partial charge on any atom is 0.271 e. The van der Waals surface area contributed by atoms with E-state index in [4.69, 9.17) is 10.7 Å². The fourth-order valence-electron chi connectivity index (χ4n) is 1.37. The predicted octanol–water partition coefficient (Wildman–Crippen LogP) is 1.34. The Balaban J connectivity index is 1.99. The third-order valence-electron chi connectivity index (χ3n) is 2.24. The molecule has 9 heteroatoms. The molecule has 0 unspecified atom stereocenters. The maximum atomic E-state index is 11.7. The lowest BCUT2D eigenvalue weighted by Gasteiger charge is -2.00. The van der Waals surface area contributed by atoms with Crippen molar-refractivity contribution in [1.82, 2.24) is 14.9 Å². The van der Waals surface area contributed by atoms with Gasteiger partial charge >= 0.3 is 0 Å². The number of carbonyl (C=O) groups excluding carboxylic acids is 1. The standard InChI is InChI=1S/C10H10ClN3O3S2/c1-14-5-8(13-6-14)10(15)12-4-7-2-3-9(18-7)19(11,16)17/h2-3,5-6H,4H2,1H3,(H,12,15). The van der Waals surface area contributed by atoms with E-state index >= 15 is 0 Å². The average Bonchev–Trinajstić information content (AvgIpc) is 2.93. The van der Waals surface area contributed by atoms with Crippen LogP contribution in [0.3, 0.4) is 0 Å². The van der Waals surface area contributed by atoms with Gasteiger partial charge in [-0.15, -0.1) is 11.3 Å². The molecule has 1 N–H and O–H groups in total. The van der Waals surface area contributed by atoms with Crippen LogP contribution in [0.2, 0.25) is 0 Å². The monoisotopic (exact) mass is 319 g/mol. The second-order valence-corrected chi connectivity index (χ2v) is 7.73. The summed E-state index contributed by atoms with van der Waals surface area (Å²) in [6, 6.07) is 3.02. The Bertz CT molecular complexity index is 705. The van der Waals surface area contributed by atoms with Crippen LogP contribution < -0.4 is 5.32 Å². The van der Waals surface area contributed by atoms with E-state index in [0.29, 0.717) is 10.6 Å². The first kappa shape index (κ1) is 14.0. The predicted molar refractivity (Wildman–Crippen MR) is 71.7 cm³/mol. The van der Waals surface area contributed by atoms with Crippen LogP contribution in [0.25, 0.3) is 0 Å². The van der Waals surface area contributed by atoms with E-state index in [2.05, 4.69) is 10.3 Å². The minimum Gasteiger partial charge on any atom is -0.346 e.